The molecule has 110 valence electrons. The van der Waals surface area contributed by atoms with Gasteiger partial charge in [-0.1, -0.05) is 26.2 Å². The Kier molecular flexibility index (Phi) is 4.08. The Balaban J connectivity index is 1.88. The molecule has 1 atom stereocenters. The third-order valence-electron chi connectivity index (χ3n) is 4.97. The van der Waals surface area contributed by atoms with Gasteiger partial charge in [-0.2, -0.15) is 0 Å². The van der Waals surface area contributed by atoms with Gasteiger partial charge in [0, 0.05) is 18.2 Å². The van der Waals surface area contributed by atoms with Crippen molar-refractivity contribution in [1.29, 1.82) is 0 Å². The Morgan fingerprint density at radius 1 is 1.20 bits per heavy atom. The van der Waals surface area contributed by atoms with Crippen molar-refractivity contribution in [3.63, 3.8) is 0 Å². The second-order valence-electron chi connectivity index (χ2n) is 6.26. The minimum atomic E-state index is 0.675. The lowest BCUT2D eigenvalue weighted by Gasteiger charge is -2.31. The normalized spacial score (nSPS) is 23.6. The lowest BCUT2D eigenvalue weighted by Crippen LogP contribution is -2.36. The van der Waals surface area contributed by atoms with Crippen molar-refractivity contribution in [3.8, 4) is 0 Å². The third kappa shape index (κ3) is 2.48. The molecule has 0 bridgehead atoms. The van der Waals surface area contributed by atoms with Crippen LogP contribution in [0.15, 0.2) is 6.33 Å². The van der Waals surface area contributed by atoms with Crippen LogP contribution in [-0.4, -0.2) is 22.6 Å². The van der Waals surface area contributed by atoms with Crippen molar-refractivity contribution in [2.75, 3.05) is 17.2 Å². The first kappa shape index (κ1) is 13.7. The first-order chi connectivity index (χ1) is 9.81. The number of anilines is 2. The molecule has 20 heavy (non-hydrogen) atoms. The Bertz CT molecular complexity index is 454. The topological polar surface area (TPSA) is 55.0 Å². The van der Waals surface area contributed by atoms with Gasteiger partial charge in [-0.15, -0.1) is 0 Å². The summed E-state index contributed by atoms with van der Waals surface area (Å²) in [5.74, 6) is 2.66. The number of hydrogen-bond acceptors (Lipinski definition) is 4. The zero-order valence-electron chi connectivity index (χ0n) is 12.5. The summed E-state index contributed by atoms with van der Waals surface area (Å²) >= 11 is 0. The summed E-state index contributed by atoms with van der Waals surface area (Å²) in [4.78, 5) is 11.3. The van der Waals surface area contributed by atoms with E-state index in [9.17, 15) is 0 Å². The van der Waals surface area contributed by atoms with Crippen LogP contribution < -0.4 is 10.6 Å². The number of nitrogens with zero attached hydrogens (tertiary/aromatic N) is 3. The molecule has 1 unspecified atom stereocenters. The molecule has 1 aliphatic heterocycles. The fraction of sp³-hybridized carbons (Fsp3) is 0.750. The molecule has 2 fully saturated rings. The summed E-state index contributed by atoms with van der Waals surface area (Å²) in [6, 6.07) is 0.683. The fourth-order valence-corrected chi connectivity index (χ4v) is 4.04. The van der Waals surface area contributed by atoms with Crippen LogP contribution in [0.4, 0.5) is 11.6 Å². The van der Waals surface area contributed by atoms with E-state index >= 15 is 0 Å². The Labute approximate surface area is 121 Å². The highest BCUT2D eigenvalue weighted by atomic mass is 15.2. The van der Waals surface area contributed by atoms with Crippen LogP contribution in [-0.2, 0) is 6.42 Å². The highest BCUT2D eigenvalue weighted by Gasteiger charge is 2.35. The first-order valence-corrected chi connectivity index (χ1v) is 8.17. The van der Waals surface area contributed by atoms with Crippen molar-refractivity contribution in [2.45, 2.75) is 64.3 Å². The van der Waals surface area contributed by atoms with Crippen molar-refractivity contribution < 1.29 is 0 Å². The van der Waals surface area contributed by atoms with Crippen molar-refractivity contribution in [3.05, 3.63) is 11.9 Å². The maximum absolute atomic E-state index is 6.10. The molecule has 4 heteroatoms. The molecule has 4 nitrogen and oxygen atoms in total. The fourth-order valence-electron chi connectivity index (χ4n) is 4.04. The molecular formula is C16H26N4. The number of nitrogens with two attached hydrogens (primary N) is 1. The van der Waals surface area contributed by atoms with Gasteiger partial charge in [0.2, 0.25) is 0 Å². The van der Waals surface area contributed by atoms with E-state index in [1.807, 2.05) is 0 Å². The van der Waals surface area contributed by atoms with E-state index in [4.69, 9.17) is 5.73 Å². The minimum absolute atomic E-state index is 0.675. The molecule has 3 rings (SSSR count). The van der Waals surface area contributed by atoms with E-state index in [2.05, 4.69) is 21.8 Å². The highest BCUT2D eigenvalue weighted by molar-refractivity contribution is 5.57. The average Bonchev–Trinajstić information content (AvgIpc) is 3.10. The van der Waals surface area contributed by atoms with Gasteiger partial charge < -0.3 is 10.6 Å². The quantitative estimate of drug-likeness (QED) is 0.916. The molecular weight excluding hydrogens is 248 g/mol. The number of rotatable bonds is 4. The average molecular weight is 274 g/mol. The molecule has 0 radical (unpaired) electrons. The number of nitrogen functional groups attached to an aromatic ring is 1. The van der Waals surface area contributed by atoms with Gasteiger partial charge in [-0.3, -0.25) is 0 Å². The second-order valence-corrected chi connectivity index (χ2v) is 6.26. The van der Waals surface area contributed by atoms with Gasteiger partial charge in [0.05, 0.1) is 0 Å². The third-order valence-corrected chi connectivity index (χ3v) is 4.97. The van der Waals surface area contributed by atoms with Crippen LogP contribution in [0, 0.1) is 5.92 Å². The lowest BCUT2D eigenvalue weighted by atomic mass is 9.95. The van der Waals surface area contributed by atoms with Gasteiger partial charge >= 0.3 is 0 Å². The molecule has 1 aromatic heterocycles. The van der Waals surface area contributed by atoms with E-state index in [0.29, 0.717) is 11.9 Å². The minimum Gasteiger partial charge on any atom is -0.383 e. The van der Waals surface area contributed by atoms with Gasteiger partial charge in [-0.25, -0.2) is 9.97 Å². The Morgan fingerprint density at radius 2 is 2.00 bits per heavy atom. The number of aromatic nitrogens is 2. The molecule has 1 aliphatic carbocycles. The Morgan fingerprint density at radius 3 is 2.75 bits per heavy atom. The molecule has 2 heterocycles. The predicted octanol–water partition coefficient (Wildman–Crippen LogP) is 3.17. The summed E-state index contributed by atoms with van der Waals surface area (Å²) in [6.07, 6.45) is 11.9. The maximum Gasteiger partial charge on any atom is 0.137 e. The molecule has 2 N–H and O–H groups in total. The second kappa shape index (κ2) is 5.98. The Hall–Kier alpha value is -1.32. The van der Waals surface area contributed by atoms with Crippen molar-refractivity contribution in [2.24, 2.45) is 5.92 Å². The van der Waals surface area contributed by atoms with Gasteiger partial charge in [-0.05, 0) is 38.0 Å². The molecule has 0 amide bonds. The summed E-state index contributed by atoms with van der Waals surface area (Å²) in [5.41, 5.74) is 7.26. The van der Waals surface area contributed by atoms with Crippen LogP contribution in [0.2, 0.25) is 0 Å². The van der Waals surface area contributed by atoms with E-state index in [0.717, 1.165) is 31.1 Å². The molecule has 2 aliphatic rings. The largest absolute Gasteiger partial charge is 0.383 e. The first-order valence-electron chi connectivity index (χ1n) is 8.17. The van der Waals surface area contributed by atoms with Gasteiger partial charge in [0.15, 0.2) is 0 Å². The van der Waals surface area contributed by atoms with Crippen LogP contribution in [0.25, 0.3) is 0 Å². The molecule has 1 aromatic rings. The van der Waals surface area contributed by atoms with Crippen molar-refractivity contribution >= 4 is 11.6 Å². The smallest absolute Gasteiger partial charge is 0.137 e. The summed E-state index contributed by atoms with van der Waals surface area (Å²) < 4.78 is 0. The zero-order chi connectivity index (χ0) is 13.9. The van der Waals surface area contributed by atoms with E-state index in [-0.39, 0.29) is 0 Å². The monoisotopic (exact) mass is 274 g/mol. The number of hydrogen-bond donors (Lipinski definition) is 1. The SMILES string of the molecule is CCCc1c(N)ncnc1N1CCCC1C1CCCC1. The van der Waals surface area contributed by atoms with E-state index in [1.54, 1.807) is 6.33 Å². The molecule has 0 aromatic carbocycles. The highest BCUT2D eigenvalue weighted by Crippen LogP contribution is 2.38. The maximum atomic E-state index is 6.10. The standard InChI is InChI=1S/C16H26N4/c1-2-6-13-15(17)18-11-19-16(13)20-10-5-9-14(20)12-7-3-4-8-12/h11-12,14H,2-10H2,1H3,(H2,17,18,19). The molecule has 0 spiro atoms. The lowest BCUT2D eigenvalue weighted by molar-refractivity contribution is 0.428. The van der Waals surface area contributed by atoms with E-state index in [1.165, 1.54) is 44.1 Å². The van der Waals surface area contributed by atoms with Gasteiger partial charge in [0.25, 0.3) is 0 Å². The summed E-state index contributed by atoms with van der Waals surface area (Å²) in [5, 5.41) is 0. The van der Waals surface area contributed by atoms with Crippen LogP contribution in [0.3, 0.4) is 0 Å². The molecule has 1 saturated carbocycles. The summed E-state index contributed by atoms with van der Waals surface area (Å²) in [7, 11) is 0. The van der Waals surface area contributed by atoms with Crippen LogP contribution in [0.5, 0.6) is 0 Å². The zero-order valence-corrected chi connectivity index (χ0v) is 12.5. The van der Waals surface area contributed by atoms with Crippen molar-refractivity contribution in [1.82, 2.24) is 9.97 Å². The van der Waals surface area contributed by atoms with Crippen LogP contribution in [0.1, 0.15) is 57.4 Å². The van der Waals surface area contributed by atoms with Crippen LogP contribution >= 0.6 is 0 Å². The summed E-state index contributed by atoms with van der Waals surface area (Å²) in [6.45, 7) is 3.32. The van der Waals surface area contributed by atoms with E-state index < -0.39 is 0 Å². The van der Waals surface area contributed by atoms with Gasteiger partial charge in [0.1, 0.15) is 18.0 Å². The molecule has 1 saturated heterocycles. The predicted molar refractivity (Wildman–Crippen MR) is 82.8 cm³/mol.